The zero-order chi connectivity index (χ0) is 9.36. The van der Waals surface area contributed by atoms with Crippen LogP contribution in [0.2, 0.25) is 0 Å². The van der Waals surface area contributed by atoms with E-state index in [0.717, 1.165) is 12.1 Å². The maximum absolute atomic E-state index is 4.29. The third-order valence-corrected chi connectivity index (χ3v) is 1.80. The molecule has 0 aliphatic carbocycles. The van der Waals surface area contributed by atoms with E-state index in [1.807, 2.05) is 24.4 Å². The highest BCUT2D eigenvalue weighted by Crippen LogP contribution is 1.96. The van der Waals surface area contributed by atoms with Crippen LogP contribution in [0, 0.1) is 0 Å². The van der Waals surface area contributed by atoms with E-state index in [2.05, 4.69) is 16.9 Å². The van der Waals surface area contributed by atoms with E-state index in [-0.39, 0.29) is 0 Å². The topological polar surface area (TPSA) is 25.2 Å². The minimum atomic E-state index is 0.713. The van der Waals surface area contributed by atoms with Crippen molar-refractivity contribution < 1.29 is 0 Å². The van der Waals surface area contributed by atoms with Crippen molar-refractivity contribution in [3.63, 3.8) is 0 Å². The van der Waals surface area contributed by atoms with Crippen molar-refractivity contribution in [3.8, 4) is 0 Å². The van der Waals surface area contributed by atoms with Crippen LogP contribution in [0.15, 0.2) is 29.4 Å². The molecule has 0 aliphatic heterocycles. The van der Waals surface area contributed by atoms with E-state index in [9.17, 15) is 0 Å². The monoisotopic (exact) mass is 176 g/mol. The average Bonchev–Trinajstić information content (AvgIpc) is 2.19. The molecule has 13 heavy (non-hydrogen) atoms. The Labute approximate surface area is 79.7 Å². The molecule has 0 aliphatic rings. The molecule has 1 aromatic rings. The summed E-state index contributed by atoms with van der Waals surface area (Å²) in [6.45, 7) is 2.90. The first-order valence-corrected chi connectivity index (χ1v) is 4.81. The molecule has 70 valence electrons. The molecule has 1 aromatic heterocycles. The van der Waals surface area contributed by atoms with E-state index in [1.54, 1.807) is 6.20 Å². The Bertz CT molecular complexity index is 242. The first-order valence-electron chi connectivity index (χ1n) is 4.81. The Hall–Kier alpha value is -1.18. The van der Waals surface area contributed by atoms with Crippen molar-refractivity contribution in [2.24, 2.45) is 4.99 Å². The van der Waals surface area contributed by atoms with Gasteiger partial charge in [-0.2, -0.15) is 0 Å². The quantitative estimate of drug-likeness (QED) is 0.500. The predicted octanol–water partition coefficient (Wildman–Crippen LogP) is 2.84. The zero-order valence-corrected chi connectivity index (χ0v) is 8.11. The summed E-state index contributed by atoms with van der Waals surface area (Å²) in [7, 11) is 0. The Kier molecular flexibility index (Phi) is 4.84. The molecule has 0 unspecified atom stereocenters. The Balaban J connectivity index is 2.23. The van der Waals surface area contributed by atoms with E-state index < -0.39 is 0 Å². The molecule has 0 saturated heterocycles. The molecule has 0 amide bonds. The second-order valence-electron chi connectivity index (χ2n) is 2.99. The predicted molar refractivity (Wildman–Crippen MR) is 56.0 cm³/mol. The van der Waals surface area contributed by atoms with Crippen LogP contribution in [0.25, 0.3) is 0 Å². The Morgan fingerprint density at radius 2 is 2.38 bits per heavy atom. The maximum Gasteiger partial charge on any atom is 0.0807 e. The number of pyridine rings is 1. The van der Waals surface area contributed by atoms with Crippen LogP contribution in [0.3, 0.4) is 0 Å². The summed E-state index contributed by atoms with van der Waals surface area (Å²) >= 11 is 0. The number of unbranched alkanes of at least 4 members (excludes halogenated alkanes) is 2. The van der Waals surface area contributed by atoms with Gasteiger partial charge in [-0.1, -0.05) is 19.4 Å². The summed E-state index contributed by atoms with van der Waals surface area (Å²) in [6.07, 6.45) is 7.35. The molecule has 0 aromatic carbocycles. The number of rotatable bonds is 5. The number of aromatic nitrogens is 1. The van der Waals surface area contributed by atoms with E-state index in [4.69, 9.17) is 0 Å². The summed E-state index contributed by atoms with van der Waals surface area (Å²) in [4.78, 5) is 8.47. The van der Waals surface area contributed by atoms with Gasteiger partial charge in [-0.3, -0.25) is 9.98 Å². The van der Waals surface area contributed by atoms with Crippen molar-refractivity contribution in [3.05, 3.63) is 30.1 Å². The third kappa shape index (κ3) is 4.41. The lowest BCUT2D eigenvalue weighted by Crippen LogP contribution is -1.86. The molecule has 0 fully saturated rings. The van der Waals surface area contributed by atoms with Gasteiger partial charge in [0.1, 0.15) is 0 Å². The number of hydrogen-bond donors (Lipinski definition) is 0. The molecular formula is C11H16N2. The molecule has 0 atom stereocenters. The van der Waals surface area contributed by atoms with Gasteiger partial charge in [0, 0.05) is 6.20 Å². The second kappa shape index (κ2) is 6.35. The molecule has 0 radical (unpaired) electrons. The van der Waals surface area contributed by atoms with Crippen molar-refractivity contribution in [1.29, 1.82) is 0 Å². The molecule has 2 heteroatoms. The van der Waals surface area contributed by atoms with Crippen LogP contribution in [-0.2, 0) is 6.54 Å². The molecule has 0 saturated carbocycles. The van der Waals surface area contributed by atoms with Gasteiger partial charge in [0.05, 0.1) is 12.2 Å². The second-order valence-corrected chi connectivity index (χ2v) is 2.99. The fourth-order valence-corrected chi connectivity index (χ4v) is 1.04. The van der Waals surface area contributed by atoms with Crippen LogP contribution in [0.1, 0.15) is 31.9 Å². The van der Waals surface area contributed by atoms with Crippen LogP contribution >= 0.6 is 0 Å². The first-order chi connectivity index (χ1) is 6.43. The Morgan fingerprint density at radius 3 is 3.08 bits per heavy atom. The van der Waals surface area contributed by atoms with Gasteiger partial charge in [0.2, 0.25) is 0 Å². The zero-order valence-electron chi connectivity index (χ0n) is 8.11. The molecule has 2 nitrogen and oxygen atoms in total. The largest absolute Gasteiger partial charge is 0.291 e. The third-order valence-electron chi connectivity index (χ3n) is 1.80. The molecule has 0 spiro atoms. The fourth-order valence-electron chi connectivity index (χ4n) is 1.04. The van der Waals surface area contributed by atoms with Crippen LogP contribution in [-0.4, -0.2) is 11.2 Å². The van der Waals surface area contributed by atoms with Crippen LogP contribution < -0.4 is 0 Å². The highest BCUT2D eigenvalue weighted by atomic mass is 14.8. The van der Waals surface area contributed by atoms with Crippen molar-refractivity contribution in [1.82, 2.24) is 4.98 Å². The summed E-state index contributed by atoms with van der Waals surface area (Å²) < 4.78 is 0. The highest BCUT2D eigenvalue weighted by molar-refractivity contribution is 5.56. The van der Waals surface area contributed by atoms with Gasteiger partial charge in [0.15, 0.2) is 0 Å². The molecular weight excluding hydrogens is 160 g/mol. The summed E-state index contributed by atoms with van der Waals surface area (Å²) in [5, 5.41) is 0. The standard InChI is InChI=1S/C11H16N2/c1-2-3-5-8-12-10-11-7-4-6-9-13-11/h4,6-9H,2-3,5,10H2,1H3. The van der Waals surface area contributed by atoms with Gasteiger partial charge < -0.3 is 0 Å². The van der Waals surface area contributed by atoms with Crippen molar-refractivity contribution in [2.75, 3.05) is 0 Å². The van der Waals surface area contributed by atoms with Gasteiger partial charge in [-0.05, 0) is 31.2 Å². The number of nitrogens with zero attached hydrogens (tertiary/aromatic N) is 2. The summed E-state index contributed by atoms with van der Waals surface area (Å²) in [5.74, 6) is 0. The fraction of sp³-hybridized carbons (Fsp3) is 0.455. The Morgan fingerprint density at radius 1 is 1.46 bits per heavy atom. The lowest BCUT2D eigenvalue weighted by molar-refractivity contribution is 0.837. The minimum Gasteiger partial charge on any atom is -0.291 e. The molecule has 1 heterocycles. The van der Waals surface area contributed by atoms with Gasteiger partial charge >= 0.3 is 0 Å². The average molecular weight is 176 g/mol. The normalized spacial score (nSPS) is 10.8. The number of aliphatic imine (C=N–C) groups is 1. The minimum absolute atomic E-state index is 0.713. The van der Waals surface area contributed by atoms with Crippen molar-refractivity contribution in [2.45, 2.75) is 32.7 Å². The lowest BCUT2D eigenvalue weighted by Gasteiger charge is -1.93. The van der Waals surface area contributed by atoms with E-state index in [0.29, 0.717) is 6.54 Å². The lowest BCUT2D eigenvalue weighted by atomic mass is 10.3. The van der Waals surface area contributed by atoms with E-state index in [1.165, 1.54) is 12.8 Å². The van der Waals surface area contributed by atoms with Gasteiger partial charge in [0.25, 0.3) is 0 Å². The molecule has 1 rings (SSSR count). The van der Waals surface area contributed by atoms with Gasteiger partial charge in [-0.25, -0.2) is 0 Å². The smallest absolute Gasteiger partial charge is 0.0807 e. The van der Waals surface area contributed by atoms with Crippen LogP contribution in [0.5, 0.6) is 0 Å². The van der Waals surface area contributed by atoms with E-state index >= 15 is 0 Å². The highest BCUT2D eigenvalue weighted by Gasteiger charge is 1.87. The van der Waals surface area contributed by atoms with Crippen molar-refractivity contribution >= 4 is 6.21 Å². The maximum atomic E-state index is 4.29. The molecule has 0 N–H and O–H groups in total. The van der Waals surface area contributed by atoms with Crippen LogP contribution in [0.4, 0.5) is 0 Å². The van der Waals surface area contributed by atoms with Gasteiger partial charge in [-0.15, -0.1) is 0 Å². The SMILES string of the molecule is CCCCC=NCc1ccccn1. The molecule has 0 bridgehead atoms. The number of hydrogen-bond acceptors (Lipinski definition) is 2. The summed E-state index contributed by atoms with van der Waals surface area (Å²) in [6, 6.07) is 5.91. The first kappa shape index (κ1) is 9.90. The summed E-state index contributed by atoms with van der Waals surface area (Å²) in [5.41, 5.74) is 1.04.